The Morgan fingerprint density at radius 3 is 2.15 bits per heavy atom. The van der Waals surface area contributed by atoms with Crippen LogP contribution in [0.15, 0.2) is 42.5 Å². The third kappa shape index (κ3) is 5.70. The van der Waals surface area contributed by atoms with Gasteiger partial charge in [0, 0.05) is 54.5 Å². The zero-order valence-corrected chi connectivity index (χ0v) is 14.9. The van der Waals surface area contributed by atoms with Crippen LogP contribution in [0, 0.1) is 10.1 Å². The third-order valence-electron chi connectivity index (χ3n) is 3.61. The van der Waals surface area contributed by atoms with Crippen molar-refractivity contribution in [1.29, 1.82) is 0 Å². The number of carbonyl (C=O) groups is 2. The molecule has 0 saturated carbocycles. The van der Waals surface area contributed by atoms with Crippen LogP contribution >= 0.6 is 0 Å². The van der Waals surface area contributed by atoms with Crippen molar-refractivity contribution in [1.82, 2.24) is 5.32 Å². The Kier molecular flexibility index (Phi) is 6.70. The molecule has 2 aromatic rings. The van der Waals surface area contributed by atoms with Crippen molar-refractivity contribution >= 4 is 23.2 Å². The standard InChI is InChI=1S/C18H19N3O6/c1-26-15-9-13(10-16(11-15)27-2)20-17(22)7-8-19-18(23)12-3-5-14(6-4-12)21(24)25/h3-6,9-11H,7-8H2,1-2H3,(H,19,23)(H,20,22). The normalized spacial score (nSPS) is 10.0. The van der Waals surface area contributed by atoms with Gasteiger partial charge in [-0.1, -0.05) is 0 Å². The highest BCUT2D eigenvalue weighted by molar-refractivity contribution is 5.95. The molecule has 0 saturated heterocycles. The second-order valence-corrected chi connectivity index (χ2v) is 5.46. The van der Waals surface area contributed by atoms with Gasteiger partial charge in [0.05, 0.1) is 19.1 Å². The summed E-state index contributed by atoms with van der Waals surface area (Å²) in [6.45, 7) is 0.114. The molecule has 0 aliphatic heterocycles. The molecule has 0 atom stereocenters. The molecule has 0 unspecified atom stereocenters. The summed E-state index contributed by atoms with van der Waals surface area (Å²) < 4.78 is 10.3. The van der Waals surface area contributed by atoms with E-state index in [1.165, 1.54) is 38.5 Å². The Morgan fingerprint density at radius 2 is 1.63 bits per heavy atom. The highest BCUT2D eigenvalue weighted by Crippen LogP contribution is 2.25. The van der Waals surface area contributed by atoms with Crippen LogP contribution in [0.4, 0.5) is 11.4 Å². The summed E-state index contributed by atoms with van der Waals surface area (Å²) in [5.41, 5.74) is 0.691. The van der Waals surface area contributed by atoms with Crippen molar-refractivity contribution in [2.24, 2.45) is 0 Å². The molecule has 0 aromatic heterocycles. The first-order chi connectivity index (χ1) is 12.9. The maximum Gasteiger partial charge on any atom is 0.269 e. The number of methoxy groups -OCH3 is 2. The number of hydrogen-bond donors (Lipinski definition) is 2. The molecular formula is C18H19N3O6. The van der Waals surface area contributed by atoms with Gasteiger partial charge in [0.2, 0.25) is 5.91 Å². The van der Waals surface area contributed by atoms with Crippen molar-refractivity contribution in [3.63, 3.8) is 0 Å². The lowest BCUT2D eigenvalue weighted by Crippen LogP contribution is -2.27. The number of benzene rings is 2. The van der Waals surface area contributed by atoms with E-state index in [-0.39, 0.29) is 30.1 Å². The molecule has 0 aliphatic rings. The van der Waals surface area contributed by atoms with E-state index >= 15 is 0 Å². The SMILES string of the molecule is COc1cc(NC(=O)CCNC(=O)c2ccc([N+](=O)[O-])cc2)cc(OC)c1. The number of nitrogens with one attached hydrogen (secondary N) is 2. The van der Waals surface area contributed by atoms with E-state index < -0.39 is 10.8 Å². The quantitative estimate of drug-likeness (QED) is 0.541. The zero-order chi connectivity index (χ0) is 19.8. The maximum absolute atomic E-state index is 12.0. The fraction of sp³-hybridized carbons (Fsp3) is 0.222. The lowest BCUT2D eigenvalue weighted by atomic mass is 10.2. The van der Waals surface area contributed by atoms with Crippen molar-refractivity contribution < 1.29 is 24.0 Å². The molecule has 9 nitrogen and oxygen atoms in total. The average molecular weight is 373 g/mol. The molecule has 2 rings (SSSR count). The van der Waals surface area contributed by atoms with E-state index in [1.807, 2.05) is 0 Å². The van der Waals surface area contributed by atoms with Crippen molar-refractivity contribution in [2.75, 3.05) is 26.1 Å². The Bertz CT molecular complexity index is 813. The van der Waals surface area contributed by atoms with Crippen LogP contribution in [0.2, 0.25) is 0 Å². The summed E-state index contributed by atoms with van der Waals surface area (Å²) >= 11 is 0. The van der Waals surface area contributed by atoms with Gasteiger partial charge in [-0.05, 0) is 12.1 Å². The molecule has 0 bridgehead atoms. The van der Waals surface area contributed by atoms with E-state index in [4.69, 9.17) is 9.47 Å². The van der Waals surface area contributed by atoms with Gasteiger partial charge in [0.15, 0.2) is 0 Å². The van der Waals surface area contributed by atoms with Crippen molar-refractivity contribution in [3.8, 4) is 11.5 Å². The first-order valence-corrected chi connectivity index (χ1v) is 7.98. The molecule has 27 heavy (non-hydrogen) atoms. The number of non-ortho nitro benzene ring substituents is 1. The lowest BCUT2D eigenvalue weighted by Gasteiger charge is -2.10. The van der Waals surface area contributed by atoms with Gasteiger partial charge < -0.3 is 20.1 Å². The Labute approximate surface area is 155 Å². The first kappa shape index (κ1) is 19.7. The van der Waals surface area contributed by atoms with Crippen molar-refractivity contribution in [2.45, 2.75) is 6.42 Å². The highest BCUT2D eigenvalue weighted by Gasteiger charge is 2.10. The second kappa shape index (κ2) is 9.18. The highest BCUT2D eigenvalue weighted by atomic mass is 16.6. The Hall–Kier alpha value is -3.62. The number of rotatable bonds is 8. The van der Waals surface area contributed by atoms with Crippen LogP contribution < -0.4 is 20.1 Å². The minimum absolute atomic E-state index is 0.0538. The van der Waals surface area contributed by atoms with Crippen LogP contribution in [0.3, 0.4) is 0 Å². The van der Waals surface area contributed by atoms with E-state index in [2.05, 4.69) is 10.6 Å². The summed E-state index contributed by atoms with van der Waals surface area (Å²) in [4.78, 5) is 34.1. The Morgan fingerprint density at radius 1 is 1.04 bits per heavy atom. The minimum atomic E-state index is -0.542. The van der Waals surface area contributed by atoms with Crippen LogP contribution in [0.5, 0.6) is 11.5 Å². The summed E-state index contributed by atoms with van der Waals surface area (Å²) in [7, 11) is 3.02. The van der Waals surface area contributed by atoms with Gasteiger partial charge in [-0.15, -0.1) is 0 Å². The van der Waals surface area contributed by atoms with E-state index in [0.717, 1.165) is 0 Å². The number of anilines is 1. The summed E-state index contributed by atoms with van der Waals surface area (Å²) in [6.07, 6.45) is 0.0538. The largest absolute Gasteiger partial charge is 0.497 e. The number of ether oxygens (including phenoxy) is 2. The van der Waals surface area contributed by atoms with Gasteiger partial charge in [0.1, 0.15) is 11.5 Å². The maximum atomic E-state index is 12.0. The molecule has 2 aromatic carbocycles. The van der Waals surface area contributed by atoms with Crippen molar-refractivity contribution in [3.05, 3.63) is 58.1 Å². The van der Waals surface area contributed by atoms with Gasteiger partial charge >= 0.3 is 0 Å². The molecule has 0 fully saturated rings. The molecule has 0 radical (unpaired) electrons. The molecule has 2 N–H and O–H groups in total. The van der Waals surface area contributed by atoms with Gasteiger partial charge in [-0.25, -0.2) is 0 Å². The minimum Gasteiger partial charge on any atom is -0.497 e. The van der Waals surface area contributed by atoms with E-state index in [0.29, 0.717) is 17.2 Å². The van der Waals surface area contributed by atoms with Gasteiger partial charge in [-0.3, -0.25) is 19.7 Å². The van der Waals surface area contributed by atoms with Crippen LogP contribution in [-0.2, 0) is 4.79 Å². The molecular weight excluding hydrogens is 354 g/mol. The molecule has 2 amide bonds. The smallest absolute Gasteiger partial charge is 0.269 e. The van der Waals surface area contributed by atoms with Gasteiger partial charge in [-0.2, -0.15) is 0 Å². The molecule has 0 heterocycles. The van der Waals surface area contributed by atoms with Crippen LogP contribution in [0.25, 0.3) is 0 Å². The zero-order valence-electron chi connectivity index (χ0n) is 14.9. The Balaban J connectivity index is 1.85. The van der Waals surface area contributed by atoms with Crippen LogP contribution in [-0.4, -0.2) is 37.5 Å². The fourth-order valence-electron chi connectivity index (χ4n) is 2.23. The summed E-state index contributed by atoms with van der Waals surface area (Å²) in [5, 5.41) is 15.9. The van der Waals surface area contributed by atoms with Gasteiger partial charge in [0.25, 0.3) is 11.6 Å². The predicted octanol–water partition coefficient (Wildman–Crippen LogP) is 2.37. The number of hydrogen-bond acceptors (Lipinski definition) is 6. The first-order valence-electron chi connectivity index (χ1n) is 7.98. The summed E-state index contributed by atoms with van der Waals surface area (Å²) in [6, 6.07) is 10.2. The number of nitro groups is 1. The number of nitrogens with zero attached hydrogens (tertiary/aromatic N) is 1. The second-order valence-electron chi connectivity index (χ2n) is 5.46. The molecule has 0 aliphatic carbocycles. The molecule has 142 valence electrons. The monoisotopic (exact) mass is 373 g/mol. The van der Waals surface area contributed by atoms with E-state index in [9.17, 15) is 19.7 Å². The fourth-order valence-corrected chi connectivity index (χ4v) is 2.23. The average Bonchev–Trinajstić information content (AvgIpc) is 2.67. The third-order valence-corrected chi connectivity index (χ3v) is 3.61. The number of carbonyl (C=O) groups excluding carboxylic acids is 2. The number of nitro benzene ring substituents is 1. The lowest BCUT2D eigenvalue weighted by molar-refractivity contribution is -0.384. The molecule has 0 spiro atoms. The molecule has 9 heteroatoms. The topological polar surface area (TPSA) is 120 Å². The summed E-state index contributed by atoms with van der Waals surface area (Å²) in [5.74, 6) is 0.363. The predicted molar refractivity (Wildman–Crippen MR) is 98.2 cm³/mol. The number of amides is 2. The van der Waals surface area contributed by atoms with Crippen LogP contribution in [0.1, 0.15) is 16.8 Å². The van der Waals surface area contributed by atoms with E-state index in [1.54, 1.807) is 18.2 Å².